The minimum atomic E-state index is -1.43. The first-order chi connectivity index (χ1) is 8.76. The highest BCUT2D eigenvalue weighted by atomic mass is 19.1. The maximum absolute atomic E-state index is 13.4. The van der Waals surface area contributed by atoms with Crippen LogP contribution < -0.4 is 5.32 Å². The van der Waals surface area contributed by atoms with Crippen LogP contribution in [0.2, 0.25) is 0 Å². The lowest BCUT2D eigenvalue weighted by Gasteiger charge is -2.22. The van der Waals surface area contributed by atoms with Gasteiger partial charge in [-0.2, -0.15) is 0 Å². The summed E-state index contributed by atoms with van der Waals surface area (Å²) in [6, 6.07) is 3.70. The van der Waals surface area contributed by atoms with E-state index in [0.29, 0.717) is 0 Å². The smallest absolute Gasteiger partial charge is 0.340 e. The number of carboxylic acid groups (broad SMARTS) is 1. The fourth-order valence-electron chi connectivity index (χ4n) is 1.50. The Morgan fingerprint density at radius 3 is 2.58 bits per heavy atom. The minimum Gasteiger partial charge on any atom is -0.478 e. The molecule has 1 aromatic carbocycles. The van der Waals surface area contributed by atoms with Crippen molar-refractivity contribution in [2.45, 2.75) is 25.9 Å². The molecule has 0 saturated heterocycles. The van der Waals surface area contributed by atoms with Gasteiger partial charge in [-0.25, -0.2) is 9.18 Å². The first-order valence-electron chi connectivity index (χ1n) is 5.63. The zero-order valence-corrected chi connectivity index (χ0v) is 11.0. The van der Waals surface area contributed by atoms with Crippen LogP contribution in [0.1, 0.15) is 30.6 Å². The number of halogens is 1. The lowest BCUT2D eigenvalue weighted by molar-refractivity contribution is -0.121. The van der Waals surface area contributed by atoms with Gasteiger partial charge in [0.25, 0.3) is 0 Å². The van der Waals surface area contributed by atoms with Crippen LogP contribution in [0.25, 0.3) is 0 Å². The van der Waals surface area contributed by atoms with E-state index in [2.05, 4.69) is 5.32 Å². The summed E-state index contributed by atoms with van der Waals surface area (Å²) < 4.78 is 18.5. The Labute approximate surface area is 110 Å². The number of anilines is 1. The van der Waals surface area contributed by atoms with Gasteiger partial charge in [0, 0.05) is 7.11 Å². The molecule has 6 heteroatoms. The van der Waals surface area contributed by atoms with Gasteiger partial charge in [-0.1, -0.05) is 6.07 Å². The first-order valence-corrected chi connectivity index (χ1v) is 5.63. The summed E-state index contributed by atoms with van der Waals surface area (Å²) in [5.41, 5.74) is -1.30. The van der Waals surface area contributed by atoms with Crippen LogP contribution in [0.5, 0.6) is 0 Å². The Morgan fingerprint density at radius 2 is 2.05 bits per heavy atom. The first kappa shape index (κ1) is 15.1. The molecule has 0 aliphatic rings. The molecule has 104 valence electrons. The van der Waals surface area contributed by atoms with Crippen molar-refractivity contribution in [3.8, 4) is 0 Å². The van der Waals surface area contributed by atoms with E-state index < -0.39 is 28.9 Å². The molecule has 1 amide bonds. The van der Waals surface area contributed by atoms with E-state index in [1.54, 1.807) is 13.8 Å². The van der Waals surface area contributed by atoms with Crippen molar-refractivity contribution in [3.05, 3.63) is 29.6 Å². The number of carbonyl (C=O) groups excluding carboxylic acids is 1. The Kier molecular flexibility index (Phi) is 4.61. The molecule has 0 fully saturated rings. The molecule has 0 aliphatic carbocycles. The molecule has 0 unspecified atom stereocenters. The van der Waals surface area contributed by atoms with Crippen molar-refractivity contribution in [1.29, 1.82) is 0 Å². The highest BCUT2D eigenvalue weighted by Gasteiger charge is 2.23. The van der Waals surface area contributed by atoms with Gasteiger partial charge in [0.05, 0.1) is 17.7 Å². The molecule has 5 nitrogen and oxygen atoms in total. The molecule has 0 saturated carbocycles. The number of benzene rings is 1. The van der Waals surface area contributed by atoms with Gasteiger partial charge in [-0.15, -0.1) is 0 Å². The fourth-order valence-corrected chi connectivity index (χ4v) is 1.50. The van der Waals surface area contributed by atoms with E-state index in [0.717, 1.165) is 6.07 Å². The summed E-state index contributed by atoms with van der Waals surface area (Å²) in [7, 11) is 1.47. The summed E-state index contributed by atoms with van der Waals surface area (Å²) in [4.78, 5) is 22.7. The largest absolute Gasteiger partial charge is 0.478 e. The van der Waals surface area contributed by atoms with Gasteiger partial charge in [-0.05, 0) is 26.0 Å². The molecule has 0 bridgehead atoms. The van der Waals surface area contributed by atoms with Crippen molar-refractivity contribution in [1.82, 2.24) is 0 Å². The number of carboxylic acids is 1. The molecule has 1 rings (SSSR count). The van der Waals surface area contributed by atoms with Crippen LogP contribution in [0.3, 0.4) is 0 Å². The van der Waals surface area contributed by atoms with Gasteiger partial charge in [0.1, 0.15) is 11.4 Å². The number of nitrogens with one attached hydrogen (secondary N) is 1. The number of amides is 1. The Bertz CT molecular complexity index is 499. The molecule has 0 atom stereocenters. The molecule has 0 heterocycles. The Morgan fingerprint density at radius 1 is 1.42 bits per heavy atom. The summed E-state index contributed by atoms with van der Waals surface area (Å²) in [6.07, 6.45) is 0.0269. The number of hydrogen-bond donors (Lipinski definition) is 2. The Hall–Kier alpha value is -1.95. The van der Waals surface area contributed by atoms with Crippen molar-refractivity contribution < 1.29 is 23.8 Å². The number of rotatable bonds is 5. The fraction of sp³-hybridized carbons (Fsp3) is 0.385. The second-order valence-corrected chi connectivity index (χ2v) is 4.66. The monoisotopic (exact) mass is 269 g/mol. The van der Waals surface area contributed by atoms with E-state index in [9.17, 15) is 14.0 Å². The topological polar surface area (TPSA) is 75.6 Å². The van der Waals surface area contributed by atoms with Crippen molar-refractivity contribution >= 4 is 17.6 Å². The zero-order valence-electron chi connectivity index (χ0n) is 11.0. The highest BCUT2D eigenvalue weighted by Crippen LogP contribution is 2.20. The third-order valence-corrected chi connectivity index (χ3v) is 2.64. The van der Waals surface area contributed by atoms with Crippen LogP contribution >= 0.6 is 0 Å². The third kappa shape index (κ3) is 4.03. The number of carbonyl (C=O) groups is 2. The van der Waals surface area contributed by atoms with Crippen LogP contribution in [0, 0.1) is 5.82 Å². The average molecular weight is 269 g/mol. The predicted octanol–water partition coefficient (Wildman–Crippen LogP) is 2.28. The van der Waals surface area contributed by atoms with Gasteiger partial charge >= 0.3 is 5.97 Å². The minimum absolute atomic E-state index is 0.0269. The van der Waals surface area contributed by atoms with Crippen molar-refractivity contribution in [2.24, 2.45) is 0 Å². The van der Waals surface area contributed by atoms with E-state index in [1.807, 2.05) is 0 Å². The number of ether oxygens (including phenoxy) is 1. The van der Waals surface area contributed by atoms with Crippen molar-refractivity contribution in [3.63, 3.8) is 0 Å². The zero-order chi connectivity index (χ0) is 14.6. The van der Waals surface area contributed by atoms with Gasteiger partial charge in [0.2, 0.25) is 5.91 Å². The van der Waals surface area contributed by atoms with Crippen LogP contribution in [-0.4, -0.2) is 29.7 Å². The summed E-state index contributed by atoms with van der Waals surface area (Å²) >= 11 is 0. The van der Waals surface area contributed by atoms with E-state index in [4.69, 9.17) is 9.84 Å². The van der Waals surface area contributed by atoms with E-state index in [-0.39, 0.29) is 12.1 Å². The lowest BCUT2D eigenvalue weighted by Crippen LogP contribution is -2.30. The molecule has 0 radical (unpaired) electrons. The van der Waals surface area contributed by atoms with Crippen LogP contribution in [-0.2, 0) is 9.53 Å². The number of hydrogen-bond acceptors (Lipinski definition) is 3. The molecular weight excluding hydrogens is 253 g/mol. The van der Waals surface area contributed by atoms with Crippen LogP contribution in [0.15, 0.2) is 18.2 Å². The molecule has 0 spiro atoms. The maximum atomic E-state index is 13.4. The standard InChI is InChI=1S/C13H16FNO4/c1-13(2,19-3)7-10(16)15-9-6-4-5-8(14)11(9)12(17)18/h4-6H,7H2,1-3H3,(H,15,16)(H,17,18). The van der Waals surface area contributed by atoms with Gasteiger partial charge in [0.15, 0.2) is 0 Å². The van der Waals surface area contributed by atoms with Gasteiger partial charge < -0.3 is 15.2 Å². The maximum Gasteiger partial charge on any atom is 0.340 e. The normalized spacial score (nSPS) is 11.2. The van der Waals surface area contributed by atoms with Crippen molar-refractivity contribution in [2.75, 3.05) is 12.4 Å². The molecule has 2 N–H and O–H groups in total. The molecular formula is C13H16FNO4. The summed E-state index contributed by atoms with van der Waals surface area (Å²) in [6.45, 7) is 3.44. The predicted molar refractivity (Wildman–Crippen MR) is 67.7 cm³/mol. The lowest BCUT2D eigenvalue weighted by atomic mass is 10.0. The molecule has 0 aliphatic heterocycles. The summed E-state index contributed by atoms with van der Waals surface area (Å²) in [5.74, 6) is -2.77. The van der Waals surface area contributed by atoms with E-state index >= 15 is 0 Å². The van der Waals surface area contributed by atoms with Gasteiger partial charge in [-0.3, -0.25) is 4.79 Å². The SMILES string of the molecule is COC(C)(C)CC(=O)Nc1cccc(F)c1C(=O)O. The second-order valence-electron chi connectivity index (χ2n) is 4.66. The molecule has 0 aromatic heterocycles. The Balaban J connectivity index is 2.92. The number of aromatic carboxylic acids is 1. The molecule has 1 aromatic rings. The van der Waals surface area contributed by atoms with E-state index in [1.165, 1.54) is 19.2 Å². The second kappa shape index (κ2) is 5.79. The molecule has 19 heavy (non-hydrogen) atoms. The third-order valence-electron chi connectivity index (χ3n) is 2.64. The highest BCUT2D eigenvalue weighted by molar-refractivity contribution is 6.00. The number of methoxy groups -OCH3 is 1. The van der Waals surface area contributed by atoms with Crippen LogP contribution in [0.4, 0.5) is 10.1 Å². The average Bonchev–Trinajstić information content (AvgIpc) is 2.27. The summed E-state index contributed by atoms with van der Waals surface area (Å²) in [5, 5.41) is 11.3. The quantitative estimate of drug-likeness (QED) is 0.859.